The highest BCUT2D eigenvalue weighted by Gasteiger charge is 2.16. The number of halogens is 2. The molecule has 0 spiro atoms. The van der Waals surface area contributed by atoms with E-state index in [0.29, 0.717) is 32.4 Å². The van der Waals surface area contributed by atoms with E-state index in [1.54, 1.807) is 66.7 Å². The number of amides is 2. The summed E-state index contributed by atoms with van der Waals surface area (Å²) in [5.74, 6) is -1.03. The lowest BCUT2D eigenvalue weighted by Gasteiger charge is -2.11. The van der Waals surface area contributed by atoms with Gasteiger partial charge in [0.05, 0.1) is 16.3 Å². The van der Waals surface area contributed by atoms with Crippen molar-refractivity contribution in [3.8, 4) is 5.75 Å². The molecule has 7 nitrogen and oxygen atoms in total. The second kappa shape index (κ2) is 12.6. The van der Waals surface area contributed by atoms with Crippen molar-refractivity contribution < 1.29 is 19.1 Å². The molecular weight excluding hydrogens is 626 g/mol. The van der Waals surface area contributed by atoms with E-state index in [4.69, 9.17) is 4.74 Å². The molecule has 4 aromatic rings. The second-order valence-electron chi connectivity index (χ2n) is 8.67. The molecule has 4 rings (SSSR count). The van der Waals surface area contributed by atoms with Crippen LogP contribution in [0.3, 0.4) is 0 Å². The summed E-state index contributed by atoms with van der Waals surface area (Å²) in [6.45, 7) is 3.80. The fourth-order valence-electron chi connectivity index (χ4n) is 3.66. The van der Waals surface area contributed by atoms with Gasteiger partial charge < -0.3 is 10.1 Å². The van der Waals surface area contributed by atoms with Crippen molar-refractivity contribution in [1.29, 1.82) is 0 Å². The quantitative estimate of drug-likeness (QED) is 0.0970. The lowest BCUT2D eigenvalue weighted by Crippen LogP contribution is -2.18. The fraction of sp³-hybridized carbons (Fsp3) is 0.0667. The molecule has 0 unspecified atom stereocenters. The van der Waals surface area contributed by atoms with Crippen LogP contribution in [0.25, 0.3) is 0 Å². The van der Waals surface area contributed by atoms with Crippen LogP contribution in [-0.2, 0) is 0 Å². The van der Waals surface area contributed by atoms with Gasteiger partial charge in [0.15, 0.2) is 5.75 Å². The van der Waals surface area contributed by atoms with E-state index in [0.717, 1.165) is 15.6 Å². The number of hydrazone groups is 1. The van der Waals surface area contributed by atoms with Crippen LogP contribution < -0.4 is 15.5 Å². The van der Waals surface area contributed by atoms with E-state index in [-0.39, 0.29) is 11.7 Å². The number of nitrogens with one attached hydrogen (secondary N) is 2. The molecule has 0 aromatic heterocycles. The van der Waals surface area contributed by atoms with Crippen molar-refractivity contribution in [2.45, 2.75) is 13.8 Å². The van der Waals surface area contributed by atoms with Crippen LogP contribution in [0.1, 0.15) is 47.8 Å². The van der Waals surface area contributed by atoms with Crippen LogP contribution in [0.15, 0.2) is 99.0 Å². The van der Waals surface area contributed by atoms with Gasteiger partial charge in [0.1, 0.15) is 0 Å². The van der Waals surface area contributed by atoms with Gasteiger partial charge >= 0.3 is 5.97 Å². The summed E-state index contributed by atoms with van der Waals surface area (Å²) in [5, 5.41) is 6.86. The lowest BCUT2D eigenvalue weighted by molar-refractivity contribution is 0.0732. The highest BCUT2D eigenvalue weighted by Crippen LogP contribution is 2.32. The number of hydrogen-bond donors (Lipinski definition) is 2. The van der Waals surface area contributed by atoms with Crippen LogP contribution in [-0.4, -0.2) is 24.0 Å². The van der Waals surface area contributed by atoms with Crippen LogP contribution >= 0.6 is 31.9 Å². The van der Waals surface area contributed by atoms with E-state index in [1.165, 1.54) is 6.21 Å². The molecule has 0 heterocycles. The van der Waals surface area contributed by atoms with E-state index in [1.807, 2.05) is 32.0 Å². The molecule has 0 atom stereocenters. The molecule has 0 bridgehead atoms. The van der Waals surface area contributed by atoms with E-state index in [9.17, 15) is 14.4 Å². The normalized spacial score (nSPS) is 10.8. The van der Waals surface area contributed by atoms with Crippen LogP contribution in [0.2, 0.25) is 0 Å². The van der Waals surface area contributed by atoms with E-state index < -0.39 is 11.9 Å². The summed E-state index contributed by atoms with van der Waals surface area (Å²) >= 11 is 6.85. The van der Waals surface area contributed by atoms with Crippen LogP contribution in [0.4, 0.5) is 5.69 Å². The molecule has 0 aliphatic heterocycles. The Morgan fingerprint density at radius 2 is 1.38 bits per heavy atom. The van der Waals surface area contributed by atoms with Crippen molar-refractivity contribution >= 4 is 61.5 Å². The Bertz CT molecular complexity index is 1600. The standard InChI is InChI=1S/C30H23Br2N3O4/c1-18-6-3-8-20(12-18)28(36)34-25-11-5-9-21(15-25)29(37)35-33-17-23-14-24(31)16-26(32)27(23)39-30(38)22-10-4-7-19(2)13-22/h3-17H,1-2H3,(H,34,36)(H,35,37). The first-order valence-electron chi connectivity index (χ1n) is 11.8. The summed E-state index contributed by atoms with van der Waals surface area (Å²) in [5.41, 5.74) is 6.54. The first-order chi connectivity index (χ1) is 18.7. The second-order valence-corrected chi connectivity index (χ2v) is 10.4. The topological polar surface area (TPSA) is 96.9 Å². The zero-order chi connectivity index (χ0) is 27.9. The third-order valence-corrected chi connectivity index (χ3v) is 6.57. The summed E-state index contributed by atoms with van der Waals surface area (Å²) in [6, 6.07) is 24.3. The van der Waals surface area contributed by atoms with Gasteiger partial charge in [-0.25, -0.2) is 10.2 Å². The molecule has 0 aliphatic rings. The number of anilines is 1. The number of ether oxygens (including phenoxy) is 1. The average molecular weight is 649 g/mol. The smallest absolute Gasteiger partial charge is 0.343 e. The Kier molecular flexibility index (Phi) is 9.06. The summed E-state index contributed by atoms with van der Waals surface area (Å²) in [7, 11) is 0. The zero-order valence-electron chi connectivity index (χ0n) is 21.0. The number of rotatable bonds is 7. The van der Waals surface area contributed by atoms with E-state index in [2.05, 4.69) is 47.7 Å². The number of nitrogens with zero attached hydrogens (tertiary/aromatic N) is 1. The van der Waals surface area contributed by atoms with Crippen molar-refractivity contribution in [1.82, 2.24) is 5.43 Å². The van der Waals surface area contributed by atoms with Crippen LogP contribution in [0, 0.1) is 13.8 Å². The molecule has 0 fully saturated rings. The fourth-order valence-corrected chi connectivity index (χ4v) is 5.00. The molecule has 2 N–H and O–H groups in total. The summed E-state index contributed by atoms with van der Waals surface area (Å²) in [6.07, 6.45) is 1.38. The number of carbonyl (C=O) groups excluding carboxylic acids is 3. The molecule has 0 saturated heterocycles. The lowest BCUT2D eigenvalue weighted by atomic mass is 10.1. The monoisotopic (exact) mass is 647 g/mol. The highest BCUT2D eigenvalue weighted by atomic mass is 79.9. The average Bonchev–Trinajstić information content (AvgIpc) is 2.90. The van der Waals surface area contributed by atoms with Gasteiger partial charge in [0.25, 0.3) is 11.8 Å². The Labute approximate surface area is 242 Å². The minimum absolute atomic E-state index is 0.253. The number of aryl methyl sites for hydroxylation is 2. The van der Waals surface area contributed by atoms with Crippen LogP contribution in [0.5, 0.6) is 5.75 Å². The third kappa shape index (κ3) is 7.49. The minimum Gasteiger partial charge on any atom is -0.421 e. The molecule has 2 amide bonds. The maximum absolute atomic E-state index is 12.8. The molecular formula is C30H23Br2N3O4. The maximum atomic E-state index is 12.8. The number of carbonyl (C=O) groups is 3. The maximum Gasteiger partial charge on any atom is 0.343 e. The van der Waals surface area contributed by atoms with Crippen molar-refractivity contribution in [3.63, 3.8) is 0 Å². The SMILES string of the molecule is Cc1cccc(C(=O)Nc2cccc(C(=O)NN=Cc3cc(Br)cc(Br)c3OC(=O)c3cccc(C)c3)c2)c1. The Hall–Kier alpha value is -4.08. The van der Waals surface area contributed by atoms with Crippen molar-refractivity contribution in [2.75, 3.05) is 5.32 Å². The molecule has 196 valence electrons. The molecule has 39 heavy (non-hydrogen) atoms. The van der Waals surface area contributed by atoms with Gasteiger partial charge in [-0.3, -0.25) is 9.59 Å². The summed E-state index contributed by atoms with van der Waals surface area (Å²) in [4.78, 5) is 38.1. The first kappa shape index (κ1) is 27.9. The van der Waals surface area contributed by atoms with Gasteiger partial charge in [-0.2, -0.15) is 5.10 Å². The van der Waals surface area contributed by atoms with Gasteiger partial charge in [0.2, 0.25) is 0 Å². The molecule has 4 aromatic carbocycles. The van der Waals surface area contributed by atoms with Gasteiger partial charge in [-0.05, 0) is 84.4 Å². The van der Waals surface area contributed by atoms with Gasteiger partial charge in [-0.15, -0.1) is 0 Å². The van der Waals surface area contributed by atoms with Crippen molar-refractivity contribution in [3.05, 3.63) is 127 Å². The summed E-state index contributed by atoms with van der Waals surface area (Å²) < 4.78 is 6.91. The van der Waals surface area contributed by atoms with Gasteiger partial charge in [-0.1, -0.05) is 57.4 Å². The molecule has 0 saturated carbocycles. The van der Waals surface area contributed by atoms with E-state index >= 15 is 0 Å². The Morgan fingerprint density at radius 3 is 2.08 bits per heavy atom. The number of esters is 1. The molecule has 0 radical (unpaired) electrons. The Balaban J connectivity index is 1.46. The predicted molar refractivity (Wildman–Crippen MR) is 159 cm³/mol. The molecule has 0 aliphatic carbocycles. The first-order valence-corrected chi connectivity index (χ1v) is 13.4. The zero-order valence-corrected chi connectivity index (χ0v) is 24.2. The highest BCUT2D eigenvalue weighted by molar-refractivity contribution is 9.11. The molecule has 9 heteroatoms. The largest absolute Gasteiger partial charge is 0.421 e. The van der Waals surface area contributed by atoms with Gasteiger partial charge in [0, 0.05) is 26.9 Å². The van der Waals surface area contributed by atoms with Crippen molar-refractivity contribution in [2.24, 2.45) is 5.10 Å². The third-order valence-electron chi connectivity index (χ3n) is 5.52. The Morgan fingerprint density at radius 1 is 0.769 bits per heavy atom. The number of hydrogen-bond acceptors (Lipinski definition) is 5. The number of benzene rings is 4. The predicted octanol–water partition coefficient (Wildman–Crippen LogP) is 7.06. The minimum atomic E-state index is -0.523.